The summed E-state index contributed by atoms with van der Waals surface area (Å²) in [4.78, 5) is 8.20. The van der Waals surface area contributed by atoms with E-state index in [0.29, 0.717) is 55.3 Å². The lowest BCUT2D eigenvalue weighted by Gasteiger charge is -2.35. The van der Waals surface area contributed by atoms with Gasteiger partial charge in [0.2, 0.25) is 17.5 Å². The third-order valence-corrected chi connectivity index (χ3v) is 5.85. The fraction of sp³-hybridized carbons (Fsp3) is 0.526. The molecule has 1 saturated carbocycles. The maximum Gasteiger partial charge on any atom is 0.453 e. The van der Waals surface area contributed by atoms with Gasteiger partial charge >= 0.3 is 6.18 Å². The molecular formula is C19H19F3N8O. The number of nitrogens with zero attached hydrogens (tertiary/aromatic N) is 8. The van der Waals surface area contributed by atoms with Crippen molar-refractivity contribution in [1.29, 1.82) is 5.26 Å². The number of hydrogen-bond donors (Lipinski definition) is 0. The van der Waals surface area contributed by atoms with Crippen molar-refractivity contribution in [2.75, 3.05) is 36.0 Å². The molecule has 1 aliphatic heterocycles. The van der Waals surface area contributed by atoms with E-state index in [9.17, 15) is 18.4 Å². The zero-order valence-corrected chi connectivity index (χ0v) is 16.9. The molecule has 1 aliphatic carbocycles. The lowest BCUT2D eigenvalue weighted by atomic mass is 10.1. The third kappa shape index (κ3) is 3.24. The topological polar surface area (TPSA) is 99.4 Å². The Morgan fingerprint density at radius 2 is 1.71 bits per heavy atom. The number of aryl methyl sites for hydroxylation is 1. The summed E-state index contributed by atoms with van der Waals surface area (Å²) >= 11 is 0. The maximum absolute atomic E-state index is 13.3. The highest BCUT2D eigenvalue weighted by Crippen LogP contribution is 2.41. The molecular weight excluding hydrogens is 413 g/mol. The second-order valence-electron chi connectivity index (χ2n) is 7.90. The van der Waals surface area contributed by atoms with Gasteiger partial charge in [0.25, 0.3) is 5.82 Å². The Hall–Kier alpha value is -3.36. The average Bonchev–Trinajstić information content (AvgIpc) is 3.34. The van der Waals surface area contributed by atoms with Crippen molar-refractivity contribution in [3.8, 4) is 6.07 Å². The van der Waals surface area contributed by atoms with Gasteiger partial charge in [0.1, 0.15) is 6.07 Å². The molecule has 1 saturated heterocycles. The lowest BCUT2D eigenvalue weighted by Crippen LogP contribution is -2.47. The number of oxazole rings is 1. The van der Waals surface area contributed by atoms with Crippen LogP contribution in [0.5, 0.6) is 0 Å². The van der Waals surface area contributed by atoms with Crippen LogP contribution in [-0.4, -0.2) is 51.0 Å². The van der Waals surface area contributed by atoms with Gasteiger partial charge < -0.3 is 14.2 Å². The monoisotopic (exact) mass is 432 g/mol. The van der Waals surface area contributed by atoms with Crippen LogP contribution in [0.1, 0.15) is 47.3 Å². The van der Waals surface area contributed by atoms with Crippen LogP contribution in [0.3, 0.4) is 0 Å². The van der Waals surface area contributed by atoms with Crippen LogP contribution in [0.15, 0.2) is 4.42 Å². The van der Waals surface area contributed by atoms with E-state index in [1.807, 2.05) is 16.7 Å². The van der Waals surface area contributed by atoms with Gasteiger partial charge in [-0.25, -0.2) is 4.98 Å². The molecule has 2 aliphatic rings. The summed E-state index contributed by atoms with van der Waals surface area (Å²) < 4.78 is 46.6. The zero-order chi connectivity index (χ0) is 21.9. The van der Waals surface area contributed by atoms with Gasteiger partial charge in [-0.1, -0.05) is 0 Å². The maximum atomic E-state index is 13.3. The standard InChI is InChI=1S/C19H19F3N8O/c1-10-11(2)15(27-30-14(10)25-26-18(30)19(20,21)22)28-5-7-29(8-6-28)17-13(9-23)24-16(31-17)12-3-4-12/h12H,3-8H2,1-2H3. The molecule has 0 aromatic carbocycles. The number of halogens is 3. The fourth-order valence-corrected chi connectivity index (χ4v) is 3.83. The van der Waals surface area contributed by atoms with E-state index in [0.717, 1.165) is 22.9 Å². The number of fused-ring (bicyclic) bond motifs is 1. The summed E-state index contributed by atoms with van der Waals surface area (Å²) in [5.41, 5.74) is 1.74. The van der Waals surface area contributed by atoms with Crippen LogP contribution in [0.2, 0.25) is 0 Å². The Bertz CT molecular complexity index is 1200. The SMILES string of the molecule is Cc1c(N2CCN(c3oc(C4CC4)nc3C#N)CC2)nn2c(C(F)(F)F)nnc2c1C. The second-order valence-corrected chi connectivity index (χ2v) is 7.90. The molecule has 31 heavy (non-hydrogen) atoms. The molecule has 162 valence electrons. The normalized spacial score (nSPS) is 17.4. The summed E-state index contributed by atoms with van der Waals surface area (Å²) in [7, 11) is 0. The molecule has 2 fully saturated rings. The van der Waals surface area contributed by atoms with Gasteiger partial charge in [-0.05, 0) is 26.7 Å². The van der Waals surface area contributed by atoms with Crippen molar-refractivity contribution >= 4 is 17.3 Å². The summed E-state index contributed by atoms with van der Waals surface area (Å²) in [5.74, 6) is 0.707. The van der Waals surface area contributed by atoms with Gasteiger partial charge in [-0.3, -0.25) is 0 Å². The molecule has 3 aromatic rings. The van der Waals surface area contributed by atoms with Crippen molar-refractivity contribution < 1.29 is 17.6 Å². The van der Waals surface area contributed by atoms with Crippen LogP contribution in [0.4, 0.5) is 24.9 Å². The van der Waals surface area contributed by atoms with E-state index in [2.05, 4.69) is 26.3 Å². The number of aromatic nitrogens is 5. The summed E-state index contributed by atoms with van der Waals surface area (Å²) in [6, 6.07) is 2.10. The van der Waals surface area contributed by atoms with Crippen LogP contribution >= 0.6 is 0 Å². The highest BCUT2D eigenvalue weighted by atomic mass is 19.4. The molecule has 0 radical (unpaired) electrons. The third-order valence-electron chi connectivity index (χ3n) is 5.85. The summed E-state index contributed by atoms with van der Waals surface area (Å²) in [6.45, 7) is 5.60. The Morgan fingerprint density at radius 3 is 2.32 bits per heavy atom. The molecule has 4 heterocycles. The Morgan fingerprint density at radius 1 is 1.03 bits per heavy atom. The minimum Gasteiger partial charge on any atom is -0.423 e. The number of nitriles is 1. The molecule has 0 atom stereocenters. The van der Waals surface area contributed by atoms with Crippen molar-refractivity contribution in [3.63, 3.8) is 0 Å². The van der Waals surface area contributed by atoms with Gasteiger partial charge in [-0.2, -0.15) is 22.9 Å². The highest BCUT2D eigenvalue weighted by Gasteiger charge is 2.39. The van der Waals surface area contributed by atoms with E-state index in [-0.39, 0.29) is 11.3 Å². The fourth-order valence-electron chi connectivity index (χ4n) is 3.83. The minimum absolute atomic E-state index is 0.0974. The first kappa shape index (κ1) is 19.6. The molecule has 0 amide bonds. The first-order chi connectivity index (χ1) is 14.8. The number of hydrogen-bond acceptors (Lipinski definition) is 8. The lowest BCUT2D eigenvalue weighted by molar-refractivity contribution is -0.146. The van der Waals surface area contributed by atoms with Gasteiger partial charge in [-0.15, -0.1) is 15.3 Å². The first-order valence-electron chi connectivity index (χ1n) is 9.98. The van der Waals surface area contributed by atoms with Crippen molar-refractivity contribution in [2.45, 2.75) is 38.8 Å². The van der Waals surface area contributed by atoms with Crippen LogP contribution in [0.25, 0.3) is 5.65 Å². The van der Waals surface area contributed by atoms with E-state index in [4.69, 9.17) is 4.42 Å². The zero-order valence-electron chi connectivity index (χ0n) is 16.9. The van der Waals surface area contributed by atoms with Crippen LogP contribution in [-0.2, 0) is 6.18 Å². The molecule has 5 rings (SSSR count). The van der Waals surface area contributed by atoms with Crippen molar-refractivity contribution in [3.05, 3.63) is 28.5 Å². The largest absolute Gasteiger partial charge is 0.453 e. The molecule has 0 unspecified atom stereocenters. The summed E-state index contributed by atoms with van der Waals surface area (Å²) in [5, 5.41) is 20.6. The van der Waals surface area contributed by atoms with Gasteiger partial charge in [0.15, 0.2) is 11.5 Å². The predicted molar refractivity (Wildman–Crippen MR) is 103 cm³/mol. The molecule has 0 bridgehead atoms. The van der Waals surface area contributed by atoms with Gasteiger partial charge in [0.05, 0.1) is 0 Å². The second kappa shape index (κ2) is 6.83. The van der Waals surface area contributed by atoms with E-state index in [1.165, 1.54) is 0 Å². The quantitative estimate of drug-likeness (QED) is 0.623. The Labute approximate surface area is 175 Å². The minimum atomic E-state index is -4.65. The molecule has 12 heteroatoms. The number of alkyl halides is 3. The van der Waals surface area contributed by atoms with Crippen LogP contribution < -0.4 is 9.80 Å². The Kier molecular flexibility index (Phi) is 4.32. The molecule has 9 nitrogen and oxygen atoms in total. The van der Waals surface area contributed by atoms with Crippen LogP contribution in [0, 0.1) is 25.2 Å². The van der Waals surface area contributed by atoms with Gasteiger partial charge in [0, 0.05) is 43.2 Å². The van der Waals surface area contributed by atoms with Crippen molar-refractivity contribution in [1.82, 2.24) is 24.8 Å². The van der Waals surface area contributed by atoms with Crippen molar-refractivity contribution in [2.24, 2.45) is 0 Å². The van der Waals surface area contributed by atoms with E-state index >= 15 is 0 Å². The number of anilines is 2. The Balaban J connectivity index is 1.42. The summed E-state index contributed by atoms with van der Waals surface area (Å²) in [6.07, 6.45) is -2.61. The van der Waals surface area contributed by atoms with E-state index < -0.39 is 12.0 Å². The molecule has 0 spiro atoms. The average molecular weight is 432 g/mol. The molecule has 0 N–H and O–H groups in total. The predicted octanol–water partition coefficient (Wildman–Crippen LogP) is 2.82. The smallest absolute Gasteiger partial charge is 0.423 e. The van der Waals surface area contributed by atoms with E-state index in [1.54, 1.807) is 6.92 Å². The number of rotatable bonds is 3. The first-order valence-corrected chi connectivity index (χ1v) is 9.98. The number of piperazine rings is 1. The molecule has 3 aromatic heterocycles. The highest BCUT2D eigenvalue weighted by molar-refractivity contribution is 5.60.